The van der Waals surface area contributed by atoms with E-state index >= 15 is 0 Å². The van der Waals surface area contributed by atoms with Gasteiger partial charge in [0.25, 0.3) is 0 Å². The number of pyridine rings is 1. The van der Waals surface area contributed by atoms with Crippen LogP contribution in [0.4, 0.5) is 0 Å². The van der Waals surface area contributed by atoms with Crippen LogP contribution in [0.15, 0.2) is 30.5 Å². The van der Waals surface area contributed by atoms with Gasteiger partial charge in [-0.2, -0.15) is 0 Å². The molecule has 0 amide bonds. The number of fused-ring (bicyclic) bond motifs is 1. The van der Waals surface area contributed by atoms with E-state index in [1.54, 1.807) is 6.20 Å². The van der Waals surface area contributed by atoms with Gasteiger partial charge in [0.2, 0.25) is 0 Å². The highest BCUT2D eigenvalue weighted by atomic mass is 35.5. The fraction of sp³-hybridized carbons (Fsp3) is 0.267. The maximum Gasteiger partial charge on any atom is 0.0761 e. The van der Waals surface area contributed by atoms with Crippen LogP contribution < -0.4 is 5.32 Å². The van der Waals surface area contributed by atoms with Crippen LogP contribution in [0.2, 0.25) is 5.02 Å². The molecule has 0 aliphatic carbocycles. The number of terminal acetylenes is 1. The lowest BCUT2D eigenvalue weighted by Gasteiger charge is -2.20. The molecule has 0 unspecified atom stereocenters. The standard InChI is InChI=1S/C15H15ClN2/c1-4-15(2,3)18-10-11-7-8-13(16)12-6-5-9-17-14(11)12/h1,5-9,18H,10H2,2-3H3. The Kier molecular flexibility index (Phi) is 3.56. The zero-order chi connectivity index (χ0) is 13.2. The van der Waals surface area contributed by atoms with Gasteiger partial charge in [0.1, 0.15) is 0 Å². The Labute approximate surface area is 112 Å². The second-order valence-corrected chi connectivity index (χ2v) is 5.14. The molecule has 1 aromatic carbocycles. The second kappa shape index (κ2) is 4.97. The van der Waals surface area contributed by atoms with Crippen molar-refractivity contribution in [3.63, 3.8) is 0 Å². The third-order valence-electron chi connectivity index (χ3n) is 2.88. The summed E-state index contributed by atoms with van der Waals surface area (Å²) in [4.78, 5) is 4.39. The molecule has 0 aliphatic rings. The molecule has 0 atom stereocenters. The van der Waals surface area contributed by atoms with Crippen LogP contribution in [0.5, 0.6) is 0 Å². The molecule has 0 aliphatic heterocycles. The monoisotopic (exact) mass is 258 g/mol. The molecule has 0 fully saturated rings. The number of hydrogen-bond acceptors (Lipinski definition) is 2. The summed E-state index contributed by atoms with van der Waals surface area (Å²) < 4.78 is 0. The molecule has 2 nitrogen and oxygen atoms in total. The summed E-state index contributed by atoms with van der Waals surface area (Å²) >= 11 is 6.15. The van der Waals surface area contributed by atoms with Gasteiger partial charge in [0.05, 0.1) is 11.1 Å². The molecule has 2 rings (SSSR count). The minimum absolute atomic E-state index is 0.333. The topological polar surface area (TPSA) is 24.9 Å². The van der Waals surface area contributed by atoms with Gasteiger partial charge in [-0.1, -0.05) is 23.6 Å². The van der Waals surface area contributed by atoms with Crippen molar-refractivity contribution in [3.05, 3.63) is 41.0 Å². The first-order valence-electron chi connectivity index (χ1n) is 5.78. The van der Waals surface area contributed by atoms with Gasteiger partial charge < -0.3 is 0 Å². The maximum atomic E-state index is 6.15. The molecule has 0 radical (unpaired) electrons. The van der Waals surface area contributed by atoms with E-state index in [-0.39, 0.29) is 5.54 Å². The SMILES string of the molecule is C#CC(C)(C)NCc1ccc(Cl)c2cccnc12. The number of aromatic nitrogens is 1. The Balaban J connectivity index is 2.36. The van der Waals surface area contributed by atoms with Crippen LogP contribution in [0, 0.1) is 12.3 Å². The van der Waals surface area contributed by atoms with Crippen LogP contribution in [-0.4, -0.2) is 10.5 Å². The van der Waals surface area contributed by atoms with Gasteiger partial charge >= 0.3 is 0 Å². The molecule has 1 heterocycles. The number of benzene rings is 1. The van der Waals surface area contributed by atoms with Crippen LogP contribution in [0.25, 0.3) is 10.9 Å². The Morgan fingerprint density at radius 2 is 2.17 bits per heavy atom. The van der Waals surface area contributed by atoms with Crippen LogP contribution in [-0.2, 0) is 6.54 Å². The fourth-order valence-corrected chi connectivity index (χ4v) is 1.92. The predicted molar refractivity (Wildman–Crippen MR) is 76.5 cm³/mol. The first-order valence-corrected chi connectivity index (χ1v) is 6.16. The van der Waals surface area contributed by atoms with Crippen molar-refractivity contribution >= 4 is 22.5 Å². The van der Waals surface area contributed by atoms with Crippen molar-refractivity contribution in [1.29, 1.82) is 0 Å². The number of hydrogen-bond donors (Lipinski definition) is 1. The number of nitrogens with one attached hydrogen (secondary N) is 1. The minimum atomic E-state index is -0.333. The van der Waals surface area contributed by atoms with Crippen LogP contribution in [0.3, 0.4) is 0 Å². The zero-order valence-corrected chi connectivity index (χ0v) is 11.3. The van der Waals surface area contributed by atoms with E-state index in [9.17, 15) is 0 Å². The second-order valence-electron chi connectivity index (χ2n) is 4.73. The molecule has 1 N–H and O–H groups in total. The largest absolute Gasteiger partial charge is 0.297 e. The summed E-state index contributed by atoms with van der Waals surface area (Å²) in [5.41, 5.74) is 1.68. The van der Waals surface area contributed by atoms with E-state index in [0.717, 1.165) is 21.5 Å². The average molecular weight is 259 g/mol. The summed E-state index contributed by atoms with van der Waals surface area (Å²) in [6.45, 7) is 4.61. The molecule has 18 heavy (non-hydrogen) atoms. The van der Waals surface area contributed by atoms with E-state index in [0.29, 0.717) is 6.54 Å². The molecule has 92 valence electrons. The zero-order valence-electron chi connectivity index (χ0n) is 10.5. The van der Waals surface area contributed by atoms with Crippen molar-refractivity contribution < 1.29 is 0 Å². The Morgan fingerprint density at radius 3 is 2.89 bits per heavy atom. The molecule has 3 heteroatoms. The van der Waals surface area contributed by atoms with Crippen molar-refractivity contribution in [2.45, 2.75) is 25.9 Å². The van der Waals surface area contributed by atoms with E-state index in [2.05, 4.69) is 16.2 Å². The number of nitrogens with zero attached hydrogens (tertiary/aromatic N) is 1. The van der Waals surface area contributed by atoms with Gasteiger partial charge in [-0.15, -0.1) is 6.42 Å². The lowest BCUT2D eigenvalue weighted by molar-refractivity contribution is 0.492. The molecular weight excluding hydrogens is 244 g/mol. The van der Waals surface area contributed by atoms with Crippen LogP contribution in [0.1, 0.15) is 19.4 Å². The maximum absolute atomic E-state index is 6.15. The van der Waals surface area contributed by atoms with E-state index < -0.39 is 0 Å². The van der Waals surface area contributed by atoms with Gasteiger partial charge in [0, 0.05) is 23.2 Å². The van der Waals surface area contributed by atoms with Crippen molar-refractivity contribution in [2.75, 3.05) is 0 Å². The first kappa shape index (κ1) is 12.9. The molecule has 0 bridgehead atoms. The Hall–Kier alpha value is -1.56. The summed E-state index contributed by atoms with van der Waals surface area (Å²) in [6, 6.07) is 7.74. The highest BCUT2D eigenvalue weighted by molar-refractivity contribution is 6.35. The molecule has 1 aromatic heterocycles. The summed E-state index contributed by atoms with van der Waals surface area (Å²) in [5.74, 6) is 2.71. The molecular formula is C15H15ClN2. The lowest BCUT2D eigenvalue weighted by atomic mass is 10.1. The summed E-state index contributed by atoms with van der Waals surface area (Å²) in [7, 11) is 0. The van der Waals surface area contributed by atoms with Gasteiger partial charge in [0.15, 0.2) is 0 Å². The fourth-order valence-electron chi connectivity index (χ4n) is 1.71. The normalized spacial score (nSPS) is 11.4. The number of halogens is 1. The van der Waals surface area contributed by atoms with Crippen molar-refractivity contribution in [2.24, 2.45) is 0 Å². The van der Waals surface area contributed by atoms with E-state index in [1.807, 2.05) is 38.1 Å². The summed E-state index contributed by atoms with van der Waals surface area (Å²) in [5, 5.41) is 5.01. The Bertz CT molecular complexity index is 611. The summed E-state index contributed by atoms with van der Waals surface area (Å²) in [6.07, 6.45) is 7.23. The molecule has 0 saturated carbocycles. The third-order valence-corrected chi connectivity index (χ3v) is 3.21. The van der Waals surface area contributed by atoms with E-state index in [4.69, 9.17) is 18.0 Å². The van der Waals surface area contributed by atoms with Gasteiger partial charge in [-0.05, 0) is 37.6 Å². The van der Waals surface area contributed by atoms with E-state index in [1.165, 1.54) is 0 Å². The lowest BCUT2D eigenvalue weighted by Crippen LogP contribution is -2.36. The average Bonchev–Trinajstić information content (AvgIpc) is 2.38. The van der Waals surface area contributed by atoms with Gasteiger partial charge in [-0.25, -0.2) is 0 Å². The molecule has 0 spiro atoms. The molecule has 2 aromatic rings. The Morgan fingerprint density at radius 1 is 1.39 bits per heavy atom. The highest BCUT2D eigenvalue weighted by Crippen LogP contribution is 2.24. The smallest absolute Gasteiger partial charge is 0.0761 e. The number of rotatable bonds is 3. The highest BCUT2D eigenvalue weighted by Gasteiger charge is 2.13. The molecule has 0 saturated heterocycles. The quantitative estimate of drug-likeness (QED) is 0.854. The minimum Gasteiger partial charge on any atom is -0.297 e. The predicted octanol–water partition coefficient (Wildman–Crippen LogP) is 3.39. The first-order chi connectivity index (χ1) is 8.53. The third kappa shape index (κ3) is 2.64. The van der Waals surface area contributed by atoms with Crippen molar-refractivity contribution in [1.82, 2.24) is 10.3 Å². The van der Waals surface area contributed by atoms with Crippen molar-refractivity contribution in [3.8, 4) is 12.3 Å². The van der Waals surface area contributed by atoms with Gasteiger partial charge in [-0.3, -0.25) is 10.3 Å². The van der Waals surface area contributed by atoms with Crippen LogP contribution >= 0.6 is 11.6 Å².